The van der Waals surface area contributed by atoms with Crippen LogP contribution in [0.1, 0.15) is 10.5 Å². The summed E-state index contributed by atoms with van der Waals surface area (Å²) in [5, 5.41) is 8.69. The van der Waals surface area contributed by atoms with Gasteiger partial charge in [-0.1, -0.05) is 0 Å². The van der Waals surface area contributed by atoms with Gasteiger partial charge in [0.1, 0.15) is 11.1 Å². The van der Waals surface area contributed by atoms with Gasteiger partial charge >= 0.3 is 5.97 Å². The molecule has 64 valence electrons. The van der Waals surface area contributed by atoms with Crippen molar-refractivity contribution in [2.75, 3.05) is 0 Å². The van der Waals surface area contributed by atoms with Gasteiger partial charge in [-0.25, -0.2) is 9.78 Å². The smallest absolute Gasteiger partial charge is 0.358 e. The predicted molar refractivity (Wildman–Crippen MR) is 42.2 cm³/mol. The summed E-state index contributed by atoms with van der Waals surface area (Å²) in [7, 11) is 0. The van der Waals surface area contributed by atoms with E-state index in [9.17, 15) is 4.79 Å². The van der Waals surface area contributed by atoms with Crippen LogP contribution >= 0.6 is 11.5 Å². The Labute approximate surface area is 76.8 Å². The number of hydrogen-bond donors (Lipinski definition) is 1. The van der Waals surface area contributed by atoms with Crippen molar-refractivity contribution in [3.05, 3.63) is 24.4 Å². The lowest BCUT2D eigenvalue weighted by Gasteiger charge is -1.89. The molecule has 2 radical (unpaired) electrons. The molecular formula is C7H2N2O3S. The normalized spacial score (nSPS) is 10.2. The lowest BCUT2D eigenvalue weighted by molar-refractivity contribution is 0.0691. The largest absolute Gasteiger partial charge is 0.476 e. The van der Waals surface area contributed by atoms with Gasteiger partial charge in [-0.05, 0) is 11.5 Å². The Morgan fingerprint density at radius 2 is 2.54 bits per heavy atom. The first-order valence-electron chi connectivity index (χ1n) is 3.21. The van der Waals surface area contributed by atoms with Crippen LogP contribution < -0.4 is 0 Å². The molecule has 2 aromatic rings. The van der Waals surface area contributed by atoms with Crippen molar-refractivity contribution in [1.29, 1.82) is 0 Å². The van der Waals surface area contributed by atoms with Gasteiger partial charge in [0.2, 0.25) is 0 Å². The monoisotopic (exact) mass is 194 g/mol. The molecule has 1 N–H and O–H groups in total. The maximum absolute atomic E-state index is 10.6. The second kappa shape index (κ2) is 2.98. The van der Waals surface area contributed by atoms with Gasteiger partial charge in [0, 0.05) is 6.07 Å². The van der Waals surface area contributed by atoms with Crippen LogP contribution in [0.5, 0.6) is 0 Å². The molecule has 2 rings (SSSR count). The molecule has 2 heterocycles. The van der Waals surface area contributed by atoms with Crippen molar-refractivity contribution >= 4 is 17.5 Å². The van der Waals surface area contributed by atoms with Gasteiger partial charge < -0.3 is 9.52 Å². The number of nitrogens with zero attached hydrogens (tertiary/aromatic N) is 2. The summed E-state index contributed by atoms with van der Waals surface area (Å²) in [6.07, 6.45) is 3.52. The Morgan fingerprint density at radius 3 is 3.15 bits per heavy atom. The lowest BCUT2D eigenvalue weighted by atomic mass is 10.3. The number of aromatic nitrogens is 2. The number of carboxylic acids is 1. The highest BCUT2D eigenvalue weighted by atomic mass is 32.1. The van der Waals surface area contributed by atoms with Crippen LogP contribution in [-0.4, -0.2) is 20.4 Å². The molecule has 13 heavy (non-hydrogen) atoms. The second-order valence-electron chi connectivity index (χ2n) is 2.08. The fourth-order valence-corrected chi connectivity index (χ4v) is 1.32. The van der Waals surface area contributed by atoms with Gasteiger partial charge in [-0.3, -0.25) is 0 Å². The Morgan fingerprint density at radius 1 is 1.69 bits per heavy atom. The van der Waals surface area contributed by atoms with Gasteiger partial charge in [-0.15, -0.1) is 0 Å². The third-order valence-electron chi connectivity index (χ3n) is 1.33. The summed E-state index contributed by atoms with van der Waals surface area (Å²) in [6, 6.07) is 2.62. The minimum atomic E-state index is -1.13. The zero-order chi connectivity index (χ0) is 9.26. The van der Waals surface area contributed by atoms with E-state index in [0.29, 0.717) is 4.88 Å². The Balaban J connectivity index is 2.52. The molecule has 0 fully saturated rings. The molecule has 0 atom stereocenters. The van der Waals surface area contributed by atoms with Crippen LogP contribution in [-0.2, 0) is 0 Å². The van der Waals surface area contributed by atoms with Gasteiger partial charge in [0.15, 0.2) is 17.8 Å². The number of carboxylic acid groups (broad SMARTS) is 1. The highest BCUT2D eigenvalue weighted by molar-refractivity contribution is 7.09. The molecule has 0 aliphatic rings. The average Bonchev–Trinajstić information content (AvgIpc) is 2.74. The number of hydrogen-bond acceptors (Lipinski definition) is 5. The molecule has 6 heteroatoms. The van der Waals surface area contributed by atoms with E-state index in [4.69, 9.17) is 9.52 Å². The molecule has 0 aliphatic carbocycles. The van der Waals surface area contributed by atoms with E-state index in [1.165, 1.54) is 0 Å². The van der Waals surface area contributed by atoms with Crippen LogP contribution in [0.25, 0.3) is 10.6 Å². The average molecular weight is 194 g/mol. The topological polar surface area (TPSA) is 76.2 Å². The van der Waals surface area contributed by atoms with Crippen LogP contribution in [0.4, 0.5) is 0 Å². The molecule has 0 spiro atoms. The predicted octanol–water partition coefficient (Wildman–Crippen LogP) is 1.10. The van der Waals surface area contributed by atoms with Crippen LogP contribution in [0.3, 0.4) is 0 Å². The summed E-state index contributed by atoms with van der Waals surface area (Å²) < 4.78 is 8.56. The van der Waals surface area contributed by atoms with Crippen molar-refractivity contribution in [2.45, 2.75) is 0 Å². The van der Waals surface area contributed by atoms with E-state index < -0.39 is 5.97 Å². The summed E-state index contributed by atoms with van der Waals surface area (Å²) >= 11 is 1.05. The minimum Gasteiger partial charge on any atom is -0.476 e. The van der Waals surface area contributed by atoms with E-state index in [1.807, 2.05) is 0 Å². The van der Waals surface area contributed by atoms with E-state index >= 15 is 0 Å². The van der Waals surface area contributed by atoms with E-state index in [-0.39, 0.29) is 11.5 Å². The third-order valence-corrected chi connectivity index (χ3v) is 1.98. The standard InChI is InChI=1S/C7H2N2O3S/c10-7(11)5-6(12-3-8-5)4-1-2-9-13-4/h3H,(H,10,11). The lowest BCUT2D eigenvalue weighted by Crippen LogP contribution is -1.97. The fourth-order valence-electron chi connectivity index (χ4n) is 0.823. The first-order chi connectivity index (χ1) is 6.29. The molecule has 0 aliphatic heterocycles. The molecule has 2 aromatic heterocycles. The quantitative estimate of drug-likeness (QED) is 0.774. The Bertz CT molecular complexity index is 421. The third kappa shape index (κ3) is 1.31. The van der Waals surface area contributed by atoms with E-state index in [1.54, 1.807) is 0 Å². The molecule has 0 bridgehead atoms. The number of rotatable bonds is 2. The second-order valence-corrected chi connectivity index (χ2v) is 2.86. The Kier molecular flexibility index (Phi) is 1.82. The summed E-state index contributed by atoms with van der Waals surface area (Å²) in [6.45, 7) is 0. The molecule has 5 nitrogen and oxygen atoms in total. The maximum Gasteiger partial charge on any atom is 0.358 e. The van der Waals surface area contributed by atoms with Crippen LogP contribution in [0.15, 0.2) is 10.8 Å². The zero-order valence-corrected chi connectivity index (χ0v) is 6.96. The number of carbonyl (C=O) groups is 1. The van der Waals surface area contributed by atoms with Gasteiger partial charge in [0.05, 0.1) is 0 Å². The van der Waals surface area contributed by atoms with Gasteiger partial charge in [0.25, 0.3) is 0 Å². The summed E-state index contributed by atoms with van der Waals surface area (Å²) in [4.78, 5) is 14.6. The van der Waals surface area contributed by atoms with Crippen molar-refractivity contribution in [3.8, 4) is 10.6 Å². The summed E-state index contributed by atoms with van der Waals surface area (Å²) in [5.41, 5.74) is -0.131. The molecule has 0 unspecified atom stereocenters. The highest BCUT2D eigenvalue weighted by Crippen LogP contribution is 2.24. The molecule has 0 saturated heterocycles. The van der Waals surface area contributed by atoms with E-state index in [0.717, 1.165) is 17.9 Å². The molecular weight excluding hydrogens is 192 g/mol. The molecule has 0 saturated carbocycles. The van der Waals surface area contributed by atoms with Crippen molar-refractivity contribution in [2.24, 2.45) is 0 Å². The first kappa shape index (κ1) is 7.93. The van der Waals surface area contributed by atoms with E-state index in [2.05, 4.69) is 21.6 Å². The van der Waals surface area contributed by atoms with Crippen LogP contribution in [0.2, 0.25) is 0 Å². The molecule has 0 amide bonds. The highest BCUT2D eigenvalue weighted by Gasteiger charge is 2.18. The molecule has 0 aromatic carbocycles. The van der Waals surface area contributed by atoms with Crippen LogP contribution in [0, 0.1) is 12.3 Å². The maximum atomic E-state index is 10.6. The van der Waals surface area contributed by atoms with Crippen molar-refractivity contribution < 1.29 is 14.3 Å². The van der Waals surface area contributed by atoms with Crippen molar-refractivity contribution in [1.82, 2.24) is 9.36 Å². The van der Waals surface area contributed by atoms with Gasteiger partial charge in [-0.2, -0.15) is 4.37 Å². The SMILES string of the molecule is O=C(O)c1ncoc1-c1[c][c]ns1. The number of oxazole rings is 1. The Hall–Kier alpha value is -1.69. The zero-order valence-electron chi connectivity index (χ0n) is 6.14. The fraction of sp³-hybridized carbons (Fsp3) is 0. The number of aromatic carboxylic acids is 1. The summed E-state index contributed by atoms with van der Waals surface area (Å²) in [5.74, 6) is -0.961. The first-order valence-corrected chi connectivity index (χ1v) is 3.98. The minimum absolute atomic E-state index is 0.131. The van der Waals surface area contributed by atoms with Crippen molar-refractivity contribution in [3.63, 3.8) is 0 Å².